The summed E-state index contributed by atoms with van der Waals surface area (Å²) < 4.78 is 1.88. The number of rotatable bonds is 2. The molecule has 0 amide bonds. The third kappa shape index (κ3) is 1.74. The van der Waals surface area contributed by atoms with Crippen molar-refractivity contribution in [2.24, 2.45) is 5.73 Å². The number of aromatic nitrogens is 4. The summed E-state index contributed by atoms with van der Waals surface area (Å²) in [5, 5.41) is 8.37. The van der Waals surface area contributed by atoms with Gasteiger partial charge < -0.3 is 5.73 Å². The number of aryl methyl sites for hydroxylation is 1. The highest BCUT2D eigenvalue weighted by molar-refractivity contribution is 5.60. The summed E-state index contributed by atoms with van der Waals surface area (Å²) in [7, 11) is 0. The molecular formula is C13H13N5. The lowest BCUT2D eigenvalue weighted by Crippen LogP contribution is -1.97. The van der Waals surface area contributed by atoms with E-state index in [4.69, 9.17) is 5.73 Å². The van der Waals surface area contributed by atoms with Crippen molar-refractivity contribution in [3.05, 3.63) is 47.9 Å². The van der Waals surface area contributed by atoms with E-state index in [0.717, 1.165) is 28.3 Å². The second-order valence-electron chi connectivity index (χ2n) is 4.19. The van der Waals surface area contributed by atoms with E-state index >= 15 is 0 Å². The van der Waals surface area contributed by atoms with Gasteiger partial charge in [-0.05, 0) is 18.6 Å². The predicted molar refractivity (Wildman–Crippen MR) is 68.8 cm³/mol. The van der Waals surface area contributed by atoms with Crippen LogP contribution in [0.1, 0.15) is 11.3 Å². The van der Waals surface area contributed by atoms with Gasteiger partial charge in [0.05, 0.1) is 0 Å². The highest BCUT2D eigenvalue weighted by atomic mass is 15.3. The number of hydrogen-bond donors (Lipinski definition) is 1. The minimum absolute atomic E-state index is 0.516. The maximum absolute atomic E-state index is 5.65. The molecule has 0 bridgehead atoms. The van der Waals surface area contributed by atoms with E-state index in [0.29, 0.717) is 6.54 Å². The van der Waals surface area contributed by atoms with Crippen molar-refractivity contribution in [2.45, 2.75) is 13.5 Å². The zero-order chi connectivity index (χ0) is 12.5. The third-order valence-corrected chi connectivity index (χ3v) is 2.86. The zero-order valence-corrected chi connectivity index (χ0v) is 10.0. The average Bonchev–Trinajstić information content (AvgIpc) is 2.81. The highest BCUT2D eigenvalue weighted by Gasteiger charge is 2.08. The second-order valence-corrected chi connectivity index (χ2v) is 4.19. The van der Waals surface area contributed by atoms with E-state index in [1.165, 1.54) is 0 Å². The van der Waals surface area contributed by atoms with Crippen LogP contribution < -0.4 is 5.73 Å². The Balaban J connectivity index is 2.19. The third-order valence-electron chi connectivity index (χ3n) is 2.86. The maximum Gasteiger partial charge on any atom is 0.169 e. The van der Waals surface area contributed by atoms with Crippen LogP contribution in [-0.4, -0.2) is 19.6 Å². The lowest BCUT2D eigenvalue weighted by Gasteiger charge is -2.02. The van der Waals surface area contributed by atoms with E-state index < -0.39 is 0 Å². The Morgan fingerprint density at radius 1 is 1.22 bits per heavy atom. The van der Waals surface area contributed by atoms with Crippen molar-refractivity contribution >= 4 is 5.65 Å². The molecule has 0 aliphatic rings. The van der Waals surface area contributed by atoms with Gasteiger partial charge in [-0.1, -0.05) is 18.2 Å². The molecule has 18 heavy (non-hydrogen) atoms. The molecular weight excluding hydrogens is 226 g/mol. The summed E-state index contributed by atoms with van der Waals surface area (Å²) in [4.78, 5) is 4.27. The lowest BCUT2D eigenvalue weighted by atomic mass is 10.1. The van der Waals surface area contributed by atoms with Gasteiger partial charge in [0.1, 0.15) is 6.33 Å². The first-order valence-electron chi connectivity index (χ1n) is 5.74. The molecule has 2 aromatic heterocycles. The molecule has 5 nitrogen and oxygen atoms in total. The summed E-state index contributed by atoms with van der Waals surface area (Å²) in [5.74, 6) is 0.785. The summed E-state index contributed by atoms with van der Waals surface area (Å²) in [6.07, 6.45) is 1.75. The molecule has 1 aromatic carbocycles. The Kier molecular flexibility index (Phi) is 2.53. The molecule has 3 rings (SSSR count). The van der Waals surface area contributed by atoms with Crippen molar-refractivity contribution in [3.8, 4) is 11.4 Å². The van der Waals surface area contributed by atoms with Gasteiger partial charge in [0.25, 0.3) is 0 Å². The molecule has 0 aliphatic carbocycles. The molecule has 0 unspecified atom stereocenters. The van der Waals surface area contributed by atoms with Gasteiger partial charge in [-0.15, -0.1) is 10.2 Å². The molecule has 0 atom stereocenters. The first-order valence-corrected chi connectivity index (χ1v) is 5.74. The lowest BCUT2D eigenvalue weighted by molar-refractivity contribution is 1.04. The van der Waals surface area contributed by atoms with Gasteiger partial charge in [0, 0.05) is 23.9 Å². The minimum Gasteiger partial charge on any atom is -0.326 e. The van der Waals surface area contributed by atoms with E-state index in [9.17, 15) is 0 Å². The van der Waals surface area contributed by atoms with Crippen LogP contribution in [0.3, 0.4) is 0 Å². The quantitative estimate of drug-likeness (QED) is 0.736. The van der Waals surface area contributed by atoms with Gasteiger partial charge in [0.15, 0.2) is 11.5 Å². The molecule has 5 heteroatoms. The highest BCUT2D eigenvalue weighted by Crippen LogP contribution is 2.19. The number of benzene rings is 1. The van der Waals surface area contributed by atoms with Crippen LogP contribution in [-0.2, 0) is 6.54 Å². The largest absolute Gasteiger partial charge is 0.326 e. The Labute approximate surface area is 104 Å². The van der Waals surface area contributed by atoms with E-state index in [1.54, 1.807) is 6.33 Å². The number of nitrogens with two attached hydrogens (primary N) is 1. The standard InChI is InChI=1S/C13H13N5/c1-9-5-12-16-17-13(18(12)8-15-9)11-4-2-3-10(6-11)7-14/h2-6,8H,7,14H2,1H3. The number of hydrogen-bond acceptors (Lipinski definition) is 4. The Morgan fingerprint density at radius 2 is 2.11 bits per heavy atom. The van der Waals surface area contributed by atoms with Gasteiger partial charge >= 0.3 is 0 Å². The molecule has 0 radical (unpaired) electrons. The van der Waals surface area contributed by atoms with Gasteiger partial charge in [-0.25, -0.2) is 4.98 Å². The fourth-order valence-corrected chi connectivity index (χ4v) is 1.92. The van der Waals surface area contributed by atoms with Gasteiger partial charge in [-0.3, -0.25) is 4.40 Å². The van der Waals surface area contributed by atoms with Gasteiger partial charge in [0.2, 0.25) is 0 Å². The number of fused-ring (bicyclic) bond motifs is 1. The number of nitrogens with zero attached hydrogens (tertiary/aromatic N) is 4. The fraction of sp³-hybridized carbons (Fsp3) is 0.154. The average molecular weight is 239 g/mol. The zero-order valence-electron chi connectivity index (χ0n) is 10.0. The SMILES string of the molecule is Cc1cc2nnc(-c3cccc(CN)c3)n2cn1. The van der Waals surface area contributed by atoms with Crippen LogP contribution in [0.15, 0.2) is 36.7 Å². The minimum atomic E-state index is 0.516. The smallest absolute Gasteiger partial charge is 0.169 e. The predicted octanol–water partition coefficient (Wildman–Crippen LogP) is 1.56. The maximum atomic E-state index is 5.65. The molecule has 90 valence electrons. The van der Waals surface area contributed by atoms with Crippen LogP contribution in [0.25, 0.3) is 17.0 Å². The first kappa shape index (κ1) is 10.9. The van der Waals surface area contributed by atoms with Crippen molar-refractivity contribution < 1.29 is 0 Å². The Morgan fingerprint density at radius 3 is 2.94 bits per heavy atom. The van der Waals surface area contributed by atoms with Crippen LogP contribution >= 0.6 is 0 Å². The van der Waals surface area contributed by atoms with E-state index in [-0.39, 0.29) is 0 Å². The van der Waals surface area contributed by atoms with E-state index in [2.05, 4.69) is 15.2 Å². The van der Waals surface area contributed by atoms with Crippen LogP contribution in [0.4, 0.5) is 0 Å². The molecule has 3 aromatic rings. The second kappa shape index (κ2) is 4.19. The fourth-order valence-electron chi connectivity index (χ4n) is 1.92. The first-order chi connectivity index (χ1) is 8.78. The van der Waals surface area contributed by atoms with Crippen molar-refractivity contribution in [3.63, 3.8) is 0 Å². The molecule has 0 spiro atoms. The summed E-state index contributed by atoms with van der Waals surface area (Å²) in [5.41, 5.74) is 9.45. The molecule has 0 saturated heterocycles. The summed E-state index contributed by atoms with van der Waals surface area (Å²) in [6.45, 7) is 2.45. The van der Waals surface area contributed by atoms with Crippen LogP contribution in [0.5, 0.6) is 0 Å². The van der Waals surface area contributed by atoms with Crippen molar-refractivity contribution in [1.82, 2.24) is 19.6 Å². The molecule has 2 heterocycles. The Bertz CT molecular complexity index is 701. The van der Waals surface area contributed by atoms with Crippen LogP contribution in [0.2, 0.25) is 0 Å². The van der Waals surface area contributed by atoms with Gasteiger partial charge in [-0.2, -0.15) is 0 Å². The van der Waals surface area contributed by atoms with E-state index in [1.807, 2.05) is 41.7 Å². The molecule has 0 aliphatic heterocycles. The summed E-state index contributed by atoms with van der Waals surface area (Å²) >= 11 is 0. The van der Waals surface area contributed by atoms with Crippen molar-refractivity contribution in [2.75, 3.05) is 0 Å². The monoisotopic (exact) mass is 239 g/mol. The molecule has 2 N–H and O–H groups in total. The summed E-state index contributed by atoms with van der Waals surface area (Å²) in [6, 6.07) is 9.89. The van der Waals surface area contributed by atoms with Crippen molar-refractivity contribution in [1.29, 1.82) is 0 Å². The topological polar surface area (TPSA) is 69.1 Å². The Hall–Kier alpha value is -2.27. The molecule has 0 saturated carbocycles. The van der Waals surface area contributed by atoms with Crippen LogP contribution in [0, 0.1) is 6.92 Å². The molecule has 0 fully saturated rings. The normalized spacial score (nSPS) is 11.0.